The molecule has 1 aromatic heterocycles. The highest BCUT2D eigenvalue weighted by atomic mass is 35.5. The van der Waals surface area contributed by atoms with Gasteiger partial charge in [-0.25, -0.2) is 0 Å². The quantitative estimate of drug-likeness (QED) is 0.907. The average Bonchev–Trinajstić information content (AvgIpc) is 2.50. The number of halogens is 2. The van der Waals surface area contributed by atoms with E-state index in [-0.39, 0.29) is 16.5 Å². The monoisotopic (exact) mass is 328 g/mol. The van der Waals surface area contributed by atoms with Gasteiger partial charge in [0.15, 0.2) is 22.5 Å². The van der Waals surface area contributed by atoms with Crippen LogP contribution in [0.25, 0.3) is 0 Å². The van der Waals surface area contributed by atoms with Crippen LogP contribution in [0.3, 0.4) is 0 Å². The molecule has 0 aliphatic rings. The number of benzene rings is 1. The van der Waals surface area contributed by atoms with Crippen molar-refractivity contribution in [3.8, 4) is 11.5 Å². The van der Waals surface area contributed by atoms with Crippen LogP contribution in [-0.4, -0.2) is 29.4 Å². The van der Waals surface area contributed by atoms with E-state index < -0.39 is 0 Å². The zero-order valence-corrected chi connectivity index (χ0v) is 13.2. The molecule has 1 aromatic carbocycles. The fourth-order valence-electron chi connectivity index (χ4n) is 1.80. The molecule has 1 N–H and O–H groups in total. The largest absolute Gasteiger partial charge is 0.493 e. The van der Waals surface area contributed by atoms with Gasteiger partial charge in [0.05, 0.1) is 20.3 Å². The minimum atomic E-state index is -0.0879. The summed E-state index contributed by atoms with van der Waals surface area (Å²) in [7, 11) is 3.18. The van der Waals surface area contributed by atoms with Crippen molar-refractivity contribution in [2.24, 2.45) is 0 Å². The molecule has 2 rings (SSSR count). The van der Waals surface area contributed by atoms with Gasteiger partial charge in [-0.3, -0.25) is 0 Å². The van der Waals surface area contributed by atoms with E-state index in [1.165, 1.54) is 0 Å². The molecule has 1 atom stereocenters. The molecule has 112 valence electrons. The first-order chi connectivity index (χ1) is 10.0. The number of aromatic nitrogens is 3. The van der Waals surface area contributed by atoms with Crippen molar-refractivity contribution >= 4 is 29.0 Å². The number of anilines is 1. The first-order valence-corrected chi connectivity index (χ1v) is 6.85. The third kappa shape index (κ3) is 3.65. The number of rotatable bonds is 5. The molecule has 1 unspecified atom stereocenters. The fourth-order valence-corrected chi connectivity index (χ4v) is 2.05. The van der Waals surface area contributed by atoms with Gasteiger partial charge in [-0.1, -0.05) is 17.7 Å². The lowest BCUT2D eigenvalue weighted by molar-refractivity contribution is 0.354. The zero-order valence-electron chi connectivity index (χ0n) is 11.7. The molecule has 0 spiro atoms. The highest BCUT2D eigenvalue weighted by Gasteiger charge is 2.13. The summed E-state index contributed by atoms with van der Waals surface area (Å²) in [6.07, 6.45) is 0. The molecule has 0 saturated heterocycles. The van der Waals surface area contributed by atoms with Crippen molar-refractivity contribution in [1.82, 2.24) is 15.2 Å². The minimum Gasteiger partial charge on any atom is -0.493 e. The Morgan fingerprint density at radius 2 is 1.81 bits per heavy atom. The zero-order chi connectivity index (χ0) is 15.4. The van der Waals surface area contributed by atoms with Crippen molar-refractivity contribution in [1.29, 1.82) is 0 Å². The number of hydrogen-bond donors (Lipinski definition) is 1. The molecule has 2 aromatic rings. The molecular formula is C13H14Cl2N4O2. The maximum absolute atomic E-state index is 5.93. The van der Waals surface area contributed by atoms with Crippen LogP contribution in [0.4, 0.5) is 5.82 Å². The smallest absolute Gasteiger partial charge is 0.245 e. The summed E-state index contributed by atoms with van der Waals surface area (Å²) < 4.78 is 10.5. The Hall–Kier alpha value is -1.79. The van der Waals surface area contributed by atoms with Gasteiger partial charge in [-0.2, -0.15) is 4.98 Å². The molecule has 0 bridgehead atoms. The Balaban J connectivity index is 2.24. The summed E-state index contributed by atoms with van der Waals surface area (Å²) in [6.45, 7) is 1.95. The molecule has 0 aliphatic carbocycles. The van der Waals surface area contributed by atoms with Crippen LogP contribution in [0.2, 0.25) is 10.4 Å². The van der Waals surface area contributed by atoms with Crippen LogP contribution in [0.1, 0.15) is 18.5 Å². The van der Waals surface area contributed by atoms with E-state index in [9.17, 15) is 0 Å². The molecule has 0 aliphatic heterocycles. The Morgan fingerprint density at radius 1 is 1.10 bits per heavy atom. The van der Waals surface area contributed by atoms with Crippen molar-refractivity contribution < 1.29 is 9.47 Å². The Bertz CT molecular complexity index is 640. The molecule has 6 nitrogen and oxygen atoms in total. The van der Waals surface area contributed by atoms with Crippen LogP contribution < -0.4 is 14.8 Å². The summed E-state index contributed by atoms with van der Waals surface area (Å²) in [5.41, 5.74) is 0.971. The Kier molecular flexibility index (Phi) is 5.03. The molecule has 8 heteroatoms. The van der Waals surface area contributed by atoms with Crippen molar-refractivity contribution in [2.45, 2.75) is 13.0 Å². The topological polar surface area (TPSA) is 69.2 Å². The highest BCUT2D eigenvalue weighted by Crippen LogP contribution is 2.31. The first-order valence-electron chi connectivity index (χ1n) is 6.09. The number of nitrogens with one attached hydrogen (secondary N) is 1. The third-order valence-corrected chi connectivity index (χ3v) is 3.30. The lowest BCUT2D eigenvalue weighted by Crippen LogP contribution is -2.10. The second kappa shape index (κ2) is 6.78. The van der Waals surface area contributed by atoms with E-state index >= 15 is 0 Å². The lowest BCUT2D eigenvalue weighted by Gasteiger charge is -2.17. The van der Waals surface area contributed by atoms with E-state index in [1.54, 1.807) is 14.2 Å². The summed E-state index contributed by atoms with van der Waals surface area (Å²) in [6, 6.07) is 5.54. The van der Waals surface area contributed by atoms with Gasteiger partial charge in [-0.15, -0.1) is 10.2 Å². The molecule has 0 radical (unpaired) electrons. The van der Waals surface area contributed by atoms with Gasteiger partial charge < -0.3 is 14.8 Å². The standard InChI is InChI=1S/C13H14Cl2N4O2/c1-7(16-12-11(14)18-19-13(15)17-12)8-4-5-9(20-2)10(6-8)21-3/h4-7H,1-3H3,(H,16,17,19). The molecule has 0 amide bonds. The van der Waals surface area contributed by atoms with Crippen molar-refractivity contribution in [3.05, 3.63) is 34.2 Å². The second-order valence-corrected chi connectivity index (χ2v) is 4.90. The van der Waals surface area contributed by atoms with Crippen LogP contribution in [0, 0.1) is 0 Å². The van der Waals surface area contributed by atoms with E-state index in [2.05, 4.69) is 20.5 Å². The summed E-state index contributed by atoms with van der Waals surface area (Å²) in [5, 5.41) is 10.6. The van der Waals surface area contributed by atoms with E-state index in [0.717, 1.165) is 5.56 Å². The fraction of sp³-hybridized carbons (Fsp3) is 0.308. The Morgan fingerprint density at radius 3 is 2.48 bits per heavy atom. The van der Waals surface area contributed by atoms with Crippen molar-refractivity contribution in [3.63, 3.8) is 0 Å². The lowest BCUT2D eigenvalue weighted by atomic mass is 10.1. The predicted molar refractivity (Wildman–Crippen MR) is 81.4 cm³/mol. The third-order valence-electron chi connectivity index (χ3n) is 2.88. The predicted octanol–water partition coefficient (Wildman–Crippen LogP) is 3.37. The van der Waals surface area contributed by atoms with Gasteiger partial charge >= 0.3 is 0 Å². The number of methoxy groups -OCH3 is 2. The molecule has 0 saturated carbocycles. The van der Waals surface area contributed by atoms with Gasteiger partial charge in [-0.05, 0) is 36.2 Å². The second-order valence-electron chi connectivity index (χ2n) is 4.20. The molecular weight excluding hydrogens is 315 g/mol. The van der Waals surface area contributed by atoms with Crippen LogP contribution in [0.15, 0.2) is 18.2 Å². The first kappa shape index (κ1) is 15.6. The van der Waals surface area contributed by atoms with Gasteiger partial charge in [0, 0.05) is 0 Å². The van der Waals surface area contributed by atoms with E-state index in [1.807, 2.05) is 25.1 Å². The molecule has 21 heavy (non-hydrogen) atoms. The number of nitrogens with zero attached hydrogens (tertiary/aromatic N) is 3. The Labute approximate surface area is 132 Å². The normalized spacial score (nSPS) is 11.9. The maximum atomic E-state index is 5.93. The summed E-state index contributed by atoms with van der Waals surface area (Å²) >= 11 is 11.6. The van der Waals surface area contributed by atoms with E-state index in [0.29, 0.717) is 17.3 Å². The number of ether oxygens (including phenoxy) is 2. The average molecular weight is 329 g/mol. The van der Waals surface area contributed by atoms with Gasteiger partial charge in [0.2, 0.25) is 5.28 Å². The molecule has 0 fully saturated rings. The van der Waals surface area contributed by atoms with Crippen LogP contribution >= 0.6 is 23.2 Å². The highest BCUT2D eigenvalue weighted by molar-refractivity contribution is 6.32. The van der Waals surface area contributed by atoms with Crippen LogP contribution in [-0.2, 0) is 0 Å². The summed E-state index contributed by atoms with van der Waals surface area (Å²) in [4.78, 5) is 4.01. The molecule has 1 heterocycles. The van der Waals surface area contributed by atoms with Crippen molar-refractivity contribution in [2.75, 3.05) is 19.5 Å². The maximum Gasteiger partial charge on any atom is 0.245 e. The minimum absolute atomic E-state index is 0.0291. The summed E-state index contributed by atoms with van der Waals surface area (Å²) in [5.74, 6) is 1.69. The van der Waals surface area contributed by atoms with Gasteiger partial charge in [0.25, 0.3) is 0 Å². The van der Waals surface area contributed by atoms with Gasteiger partial charge in [0.1, 0.15) is 0 Å². The SMILES string of the molecule is COc1ccc(C(C)Nc2nc(Cl)nnc2Cl)cc1OC. The van der Waals surface area contributed by atoms with E-state index in [4.69, 9.17) is 32.7 Å². The van der Waals surface area contributed by atoms with Crippen LogP contribution in [0.5, 0.6) is 11.5 Å². The number of hydrogen-bond acceptors (Lipinski definition) is 6.